The van der Waals surface area contributed by atoms with Gasteiger partial charge in [0.2, 0.25) is 0 Å². The number of hydrogen-bond donors (Lipinski definition) is 3. The number of fused-ring (bicyclic) bond motifs is 1. The van der Waals surface area contributed by atoms with Crippen molar-refractivity contribution in [3.63, 3.8) is 0 Å². The quantitative estimate of drug-likeness (QED) is 0.296. The molecule has 0 fully saturated rings. The molecule has 0 heterocycles. The fourth-order valence-electron chi connectivity index (χ4n) is 3.47. The van der Waals surface area contributed by atoms with Crippen molar-refractivity contribution in [3.8, 4) is 11.5 Å². The molecule has 174 valence electrons. The summed E-state index contributed by atoms with van der Waals surface area (Å²) in [6.07, 6.45) is 1.79. The minimum Gasteiger partial charge on any atom is -0.506 e. The van der Waals surface area contributed by atoms with Crippen LogP contribution in [0.1, 0.15) is 47.7 Å². The maximum absolute atomic E-state index is 12.6. The first-order chi connectivity index (χ1) is 15.9. The first-order valence-electron chi connectivity index (χ1n) is 11.1. The van der Waals surface area contributed by atoms with E-state index in [2.05, 4.69) is 16.9 Å². The van der Waals surface area contributed by atoms with Gasteiger partial charge in [-0.2, -0.15) is 0 Å². The third-order valence-corrected chi connectivity index (χ3v) is 5.29. The zero-order chi connectivity index (χ0) is 23.8. The zero-order valence-corrected chi connectivity index (χ0v) is 19.2. The van der Waals surface area contributed by atoms with E-state index in [1.165, 1.54) is 5.56 Å². The molecule has 0 spiro atoms. The van der Waals surface area contributed by atoms with Crippen LogP contribution in [0.2, 0.25) is 0 Å². The van der Waals surface area contributed by atoms with Gasteiger partial charge >= 0.3 is 5.97 Å². The normalized spacial score (nSPS) is 10.6. The molecule has 1 amide bonds. The summed E-state index contributed by atoms with van der Waals surface area (Å²) in [6, 6.07) is 14.5. The molecule has 0 aliphatic heterocycles. The minimum absolute atomic E-state index is 0.117. The topological polar surface area (TPSA) is 96.9 Å². The van der Waals surface area contributed by atoms with Gasteiger partial charge in [-0.3, -0.25) is 4.79 Å². The summed E-state index contributed by atoms with van der Waals surface area (Å²) in [5.41, 5.74) is 5.64. The number of unbranched alkanes of at least 4 members (excludes halogenated alkanes) is 1. The summed E-state index contributed by atoms with van der Waals surface area (Å²) in [7, 11) is 0. The third-order valence-electron chi connectivity index (χ3n) is 5.29. The van der Waals surface area contributed by atoms with Crippen molar-refractivity contribution in [1.82, 2.24) is 5.32 Å². The van der Waals surface area contributed by atoms with Crippen molar-refractivity contribution in [2.24, 2.45) is 0 Å². The summed E-state index contributed by atoms with van der Waals surface area (Å²) >= 11 is 0. The molecule has 7 nitrogen and oxygen atoms in total. The maximum Gasteiger partial charge on any atom is 0.331 e. The molecule has 3 aromatic rings. The molecular weight excluding hydrogens is 420 g/mol. The average molecular weight is 451 g/mol. The predicted octanol–water partition coefficient (Wildman–Crippen LogP) is 5.03. The molecule has 3 N–H and O–H groups in total. The summed E-state index contributed by atoms with van der Waals surface area (Å²) in [6.45, 7) is 6.81. The molecule has 0 aliphatic carbocycles. The largest absolute Gasteiger partial charge is 0.506 e. The molecule has 3 aromatic carbocycles. The number of aryl methyl sites for hydroxylation is 2. The Morgan fingerprint density at radius 2 is 1.82 bits per heavy atom. The number of ether oxygens (including phenoxy) is 1. The Balaban J connectivity index is 1.53. The summed E-state index contributed by atoms with van der Waals surface area (Å²) in [4.78, 5) is 29.0. The van der Waals surface area contributed by atoms with E-state index in [9.17, 15) is 14.7 Å². The second-order valence-corrected chi connectivity index (χ2v) is 7.87. The standard InChI is InChI=1S/C26H30N2O5/c1-4-24(29)33-28-22-9-7-8-20-19(22)11-12-21(25(20)30)26(31)27-14-5-6-15-32-23-13-10-17(2)16-18(23)3/h7-13,16,28,30H,4-6,14-15H2,1-3H3,(H,27,31). The number of aromatic hydroxyl groups is 1. The molecule has 0 saturated heterocycles. The Bertz CT molecular complexity index is 1140. The molecule has 0 atom stereocenters. The molecule has 33 heavy (non-hydrogen) atoms. The third kappa shape index (κ3) is 6.16. The van der Waals surface area contributed by atoms with Gasteiger partial charge in [0.25, 0.3) is 5.91 Å². The molecule has 0 aromatic heterocycles. The Labute approximate surface area is 193 Å². The van der Waals surface area contributed by atoms with Crippen molar-refractivity contribution in [3.05, 3.63) is 65.2 Å². The fraction of sp³-hybridized carbons (Fsp3) is 0.308. The highest BCUT2D eigenvalue weighted by Gasteiger charge is 2.15. The first-order valence-corrected chi connectivity index (χ1v) is 11.1. The van der Waals surface area contributed by atoms with E-state index in [0.29, 0.717) is 29.6 Å². The molecule has 0 bridgehead atoms. The van der Waals surface area contributed by atoms with E-state index in [4.69, 9.17) is 9.57 Å². The van der Waals surface area contributed by atoms with Gasteiger partial charge < -0.3 is 20.0 Å². The smallest absolute Gasteiger partial charge is 0.331 e. The second-order valence-electron chi connectivity index (χ2n) is 7.87. The van der Waals surface area contributed by atoms with Crippen molar-refractivity contribution in [1.29, 1.82) is 0 Å². The highest BCUT2D eigenvalue weighted by Crippen LogP contribution is 2.33. The molecule has 0 saturated carbocycles. The molecule has 3 rings (SSSR count). The van der Waals surface area contributed by atoms with Gasteiger partial charge in [-0.25, -0.2) is 10.3 Å². The summed E-state index contributed by atoms with van der Waals surface area (Å²) in [5, 5.41) is 14.6. The Morgan fingerprint density at radius 1 is 1.00 bits per heavy atom. The van der Waals surface area contributed by atoms with Crippen molar-refractivity contribution in [2.45, 2.75) is 40.0 Å². The number of phenolic OH excluding ortho intramolecular Hbond substituents is 1. The van der Waals surface area contributed by atoms with Gasteiger partial charge in [0.05, 0.1) is 17.9 Å². The van der Waals surface area contributed by atoms with Crippen LogP contribution in [-0.2, 0) is 9.63 Å². The van der Waals surface area contributed by atoms with Crippen LogP contribution in [0.5, 0.6) is 11.5 Å². The van der Waals surface area contributed by atoms with E-state index in [0.717, 1.165) is 24.2 Å². The lowest BCUT2D eigenvalue weighted by Crippen LogP contribution is -2.24. The fourth-order valence-corrected chi connectivity index (χ4v) is 3.47. The lowest BCUT2D eigenvalue weighted by molar-refractivity contribution is -0.140. The van der Waals surface area contributed by atoms with E-state index < -0.39 is 5.97 Å². The van der Waals surface area contributed by atoms with E-state index >= 15 is 0 Å². The number of anilines is 1. The summed E-state index contributed by atoms with van der Waals surface area (Å²) in [5.74, 6) is 0.0183. The SMILES string of the molecule is CCC(=O)ONc1cccc2c(O)c(C(=O)NCCCCOc3ccc(C)cc3C)ccc12. The molecule has 0 unspecified atom stereocenters. The van der Waals surface area contributed by atoms with Gasteiger partial charge in [-0.1, -0.05) is 42.8 Å². The van der Waals surface area contributed by atoms with Gasteiger partial charge in [0.15, 0.2) is 0 Å². The number of hydrogen-bond acceptors (Lipinski definition) is 6. The second kappa shape index (κ2) is 11.2. The molecule has 0 aliphatic rings. The van der Waals surface area contributed by atoms with Gasteiger partial charge in [-0.15, -0.1) is 0 Å². The first kappa shape index (κ1) is 23.9. The van der Waals surface area contributed by atoms with Crippen LogP contribution >= 0.6 is 0 Å². The number of carbonyl (C=O) groups excluding carboxylic acids is 2. The highest BCUT2D eigenvalue weighted by molar-refractivity contribution is 6.06. The number of carbonyl (C=O) groups is 2. The van der Waals surface area contributed by atoms with Crippen LogP contribution in [-0.4, -0.2) is 30.1 Å². The van der Waals surface area contributed by atoms with Crippen LogP contribution < -0.4 is 15.5 Å². The van der Waals surface area contributed by atoms with Crippen molar-refractivity contribution >= 4 is 28.3 Å². The number of benzene rings is 3. The van der Waals surface area contributed by atoms with Crippen LogP contribution in [0.4, 0.5) is 5.69 Å². The molecule has 0 radical (unpaired) electrons. The Kier molecular flexibility index (Phi) is 8.13. The van der Waals surface area contributed by atoms with Gasteiger partial charge in [0.1, 0.15) is 11.5 Å². The zero-order valence-electron chi connectivity index (χ0n) is 19.2. The van der Waals surface area contributed by atoms with Gasteiger partial charge in [-0.05, 0) is 50.5 Å². The Morgan fingerprint density at radius 3 is 2.58 bits per heavy atom. The lowest BCUT2D eigenvalue weighted by atomic mass is 10.0. The predicted molar refractivity (Wildman–Crippen MR) is 129 cm³/mol. The monoisotopic (exact) mass is 450 g/mol. The van der Waals surface area contributed by atoms with Crippen LogP contribution in [0.3, 0.4) is 0 Å². The Hall–Kier alpha value is -3.74. The van der Waals surface area contributed by atoms with E-state index in [1.807, 2.05) is 26.0 Å². The average Bonchev–Trinajstić information content (AvgIpc) is 2.81. The maximum atomic E-state index is 12.6. The van der Waals surface area contributed by atoms with E-state index in [-0.39, 0.29) is 23.6 Å². The number of phenols is 1. The molecule has 7 heteroatoms. The number of nitrogens with one attached hydrogen (secondary N) is 2. The molecular formula is C26H30N2O5. The van der Waals surface area contributed by atoms with Crippen LogP contribution in [0.15, 0.2) is 48.5 Å². The number of rotatable bonds is 10. The van der Waals surface area contributed by atoms with Crippen LogP contribution in [0, 0.1) is 13.8 Å². The van der Waals surface area contributed by atoms with Crippen molar-refractivity contribution in [2.75, 3.05) is 18.6 Å². The van der Waals surface area contributed by atoms with E-state index in [1.54, 1.807) is 37.3 Å². The highest BCUT2D eigenvalue weighted by atomic mass is 16.7. The van der Waals surface area contributed by atoms with Crippen LogP contribution in [0.25, 0.3) is 10.8 Å². The number of amides is 1. The lowest BCUT2D eigenvalue weighted by Gasteiger charge is -2.13. The minimum atomic E-state index is -0.397. The van der Waals surface area contributed by atoms with Crippen molar-refractivity contribution < 1.29 is 24.3 Å². The summed E-state index contributed by atoms with van der Waals surface area (Å²) < 4.78 is 5.81. The van der Waals surface area contributed by atoms with Gasteiger partial charge in [0, 0.05) is 23.7 Å².